The maximum absolute atomic E-state index is 12.1. The van der Waals surface area contributed by atoms with E-state index in [0.29, 0.717) is 5.41 Å². The Balaban J connectivity index is 1.97. The Hall–Kier alpha value is -1.06. The fraction of sp³-hybridized carbons (Fsp3) is 0.846. The summed E-state index contributed by atoms with van der Waals surface area (Å²) in [4.78, 5) is 22.9. The third-order valence-corrected chi connectivity index (χ3v) is 4.60. The maximum Gasteiger partial charge on any atom is 0.305 e. The van der Waals surface area contributed by atoms with Crippen LogP contribution in [0.5, 0.6) is 0 Å². The molecule has 2 rings (SSSR count). The van der Waals surface area contributed by atoms with E-state index < -0.39 is 11.5 Å². The number of nitrogens with one attached hydrogen (secondary N) is 1. The lowest BCUT2D eigenvalue weighted by molar-refractivity contribution is -0.139. The van der Waals surface area contributed by atoms with Crippen molar-refractivity contribution in [2.75, 3.05) is 0 Å². The Kier molecular flexibility index (Phi) is 2.71. The SMILES string of the molecule is CC(C)C(C)(CC(=O)O)NC(=O)C1CC12CC2. The van der Waals surface area contributed by atoms with Crippen LogP contribution < -0.4 is 5.32 Å². The van der Waals surface area contributed by atoms with Crippen LogP contribution in [0.25, 0.3) is 0 Å². The molecule has 0 aromatic heterocycles. The fourth-order valence-electron chi connectivity index (χ4n) is 2.51. The molecule has 2 saturated carbocycles. The van der Waals surface area contributed by atoms with E-state index in [0.717, 1.165) is 6.42 Å². The third-order valence-electron chi connectivity index (χ3n) is 4.60. The first kappa shape index (κ1) is 12.4. The highest BCUT2D eigenvalue weighted by molar-refractivity contribution is 5.84. The summed E-state index contributed by atoms with van der Waals surface area (Å²) in [5.74, 6) is -0.552. The van der Waals surface area contributed by atoms with Crippen molar-refractivity contribution in [3.05, 3.63) is 0 Å². The van der Waals surface area contributed by atoms with Crippen LogP contribution in [0.2, 0.25) is 0 Å². The number of carbonyl (C=O) groups is 2. The molecular formula is C13H21NO3. The van der Waals surface area contributed by atoms with Gasteiger partial charge in [-0.1, -0.05) is 13.8 Å². The smallest absolute Gasteiger partial charge is 0.305 e. The molecule has 1 amide bonds. The van der Waals surface area contributed by atoms with Gasteiger partial charge in [-0.2, -0.15) is 0 Å². The number of carboxylic acids is 1. The highest BCUT2D eigenvalue weighted by Crippen LogP contribution is 2.70. The van der Waals surface area contributed by atoms with E-state index in [1.807, 2.05) is 20.8 Å². The first-order valence-corrected chi connectivity index (χ1v) is 6.33. The minimum atomic E-state index is -0.863. The van der Waals surface area contributed by atoms with Gasteiger partial charge in [0.05, 0.1) is 6.42 Å². The van der Waals surface area contributed by atoms with Crippen LogP contribution in [0.3, 0.4) is 0 Å². The molecule has 4 nitrogen and oxygen atoms in total. The topological polar surface area (TPSA) is 66.4 Å². The van der Waals surface area contributed by atoms with Crippen molar-refractivity contribution in [3.63, 3.8) is 0 Å². The van der Waals surface area contributed by atoms with Gasteiger partial charge in [0.25, 0.3) is 0 Å². The summed E-state index contributed by atoms with van der Waals surface area (Å²) in [6.07, 6.45) is 3.32. The quantitative estimate of drug-likeness (QED) is 0.768. The molecule has 0 bridgehead atoms. The zero-order chi connectivity index (χ0) is 12.8. The summed E-state index contributed by atoms with van der Waals surface area (Å²) in [5, 5.41) is 11.9. The molecule has 2 N–H and O–H groups in total. The third kappa shape index (κ3) is 2.31. The van der Waals surface area contributed by atoms with E-state index in [1.165, 1.54) is 12.8 Å². The standard InChI is InChI=1S/C13H21NO3/c1-8(2)12(3,7-10(15)16)14-11(17)9-6-13(9)4-5-13/h8-9H,4-7H2,1-3H3,(H,14,17)(H,15,16). The molecule has 2 aliphatic carbocycles. The van der Waals surface area contributed by atoms with Crippen LogP contribution in [-0.4, -0.2) is 22.5 Å². The molecule has 0 aliphatic heterocycles. The van der Waals surface area contributed by atoms with Gasteiger partial charge >= 0.3 is 5.97 Å². The predicted molar refractivity (Wildman–Crippen MR) is 63.4 cm³/mol. The van der Waals surface area contributed by atoms with E-state index in [9.17, 15) is 9.59 Å². The van der Waals surface area contributed by atoms with E-state index in [2.05, 4.69) is 5.32 Å². The second kappa shape index (κ2) is 3.72. The largest absolute Gasteiger partial charge is 0.481 e. The molecule has 2 fully saturated rings. The van der Waals surface area contributed by atoms with Crippen LogP contribution in [0.15, 0.2) is 0 Å². The average molecular weight is 239 g/mol. The number of amides is 1. The summed E-state index contributed by atoms with van der Waals surface area (Å²) in [6, 6.07) is 0. The molecule has 4 heteroatoms. The van der Waals surface area contributed by atoms with Crippen molar-refractivity contribution >= 4 is 11.9 Å². The van der Waals surface area contributed by atoms with E-state index >= 15 is 0 Å². The number of carbonyl (C=O) groups excluding carboxylic acids is 1. The normalized spacial score (nSPS) is 27.6. The van der Waals surface area contributed by atoms with Gasteiger partial charge in [0.15, 0.2) is 0 Å². The van der Waals surface area contributed by atoms with E-state index in [4.69, 9.17) is 5.11 Å². The van der Waals surface area contributed by atoms with Gasteiger partial charge in [-0.25, -0.2) is 0 Å². The van der Waals surface area contributed by atoms with Gasteiger partial charge in [-0.05, 0) is 37.5 Å². The van der Waals surface area contributed by atoms with Crippen molar-refractivity contribution in [1.29, 1.82) is 0 Å². The Bertz CT molecular complexity index is 360. The van der Waals surface area contributed by atoms with Gasteiger partial charge < -0.3 is 10.4 Å². The molecule has 2 aliphatic rings. The van der Waals surface area contributed by atoms with Gasteiger partial charge in [-0.15, -0.1) is 0 Å². The Morgan fingerprint density at radius 2 is 2.06 bits per heavy atom. The summed E-state index contributed by atoms with van der Waals surface area (Å²) in [7, 11) is 0. The molecule has 2 unspecified atom stereocenters. The summed E-state index contributed by atoms with van der Waals surface area (Å²) in [5.41, 5.74) is -0.313. The van der Waals surface area contributed by atoms with E-state index in [-0.39, 0.29) is 24.2 Å². The molecule has 0 saturated heterocycles. The second-order valence-corrected chi connectivity index (χ2v) is 6.25. The summed E-state index contributed by atoms with van der Waals surface area (Å²) >= 11 is 0. The zero-order valence-corrected chi connectivity index (χ0v) is 10.7. The molecule has 0 aromatic carbocycles. The van der Waals surface area contributed by atoms with Crippen molar-refractivity contribution in [3.8, 4) is 0 Å². The molecule has 0 radical (unpaired) electrons. The van der Waals surface area contributed by atoms with Crippen molar-refractivity contribution in [1.82, 2.24) is 5.32 Å². The van der Waals surface area contributed by atoms with Crippen LogP contribution in [-0.2, 0) is 9.59 Å². The molecule has 96 valence electrons. The molecule has 0 aromatic rings. The fourth-order valence-corrected chi connectivity index (χ4v) is 2.51. The van der Waals surface area contributed by atoms with E-state index in [1.54, 1.807) is 0 Å². The molecule has 0 heterocycles. The van der Waals surface area contributed by atoms with Crippen LogP contribution >= 0.6 is 0 Å². The number of aliphatic carboxylic acids is 1. The summed E-state index contributed by atoms with van der Waals surface area (Å²) in [6.45, 7) is 5.72. The Morgan fingerprint density at radius 1 is 1.47 bits per heavy atom. The van der Waals surface area contributed by atoms with Gasteiger partial charge in [-0.3, -0.25) is 9.59 Å². The molecule has 2 atom stereocenters. The first-order valence-electron chi connectivity index (χ1n) is 6.33. The zero-order valence-electron chi connectivity index (χ0n) is 10.7. The lowest BCUT2D eigenvalue weighted by Gasteiger charge is -2.33. The Labute approximate surface area is 102 Å². The van der Waals surface area contributed by atoms with Crippen LogP contribution in [0.4, 0.5) is 0 Å². The van der Waals surface area contributed by atoms with Crippen LogP contribution in [0, 0.1) is 17.3 Å². The number of hydrogen-bond acceptors (Lipinski definition) is 2. The number of hydrogen-bond donors (Lipinski definition) is 2. The lowest BCUT2D eigenvalue weighted by atomic mass is 9.85. The molecular weight excluding hydrogens is 218 g/mol. The molecule has 17 heavy (non-hydrogen) atoms. The average Bonchev–Trinajstić information content (AvgIpc) is 3.05. The van der Waals surface area contributed by atoms with Gasteiger partial charge in [0.2, 0.25) is 5.91 Å². The number of rotatable bonds is 5. The van der Waals surface area contributed by atoms with Crippen molar-refractivity contribution < 1.29 is 14.7 Å². The highest BCUT2D eigenvalue weighted by atomic mass is 16.4. The summed E-state index contributed by atoms with van der Waals surface area (Å²) < 4.78 is 0. The number of carboxylic acid groups (broad SMARTS) is 1. The maximum atomic E-state index is 12.1. The second-order valence-electron chi connectivity index (χ2n) is 6.25. The first-order chi connectivity index (χ1) is 7.79. The van der Waals surface area contributed by atoms with Crippen molar-refractivity contribution in [2.24, 2.45) is 17.3 Å². The predicted octanol–water partition coefficient (Wildman–Crippen LogP) is 1.79. The van der Waals surface area contributed by atoms with Gasteiger partial charge in [0.1, 0.15) is 0 Å². The van der Waals surface area contributed by atoms with Gasteiger partial charge in [0, 0.05) is 11.5 Å². The van der Waals surface area contributed by atoms with Crippen molar-refractivity contribution in [2.45, 2.75) is 52.0 Å². The minimum Gasteiger partial charge on any atom is -0.481 e. The Morgan fingerprint density at radius 3 is 2.41 bits per heavy atom. The highest BCUT2D eigenvalue weighted by Gasteiger charge is 2.66. The van der Waals surface area contributed by atoms with Crippen LogP contribution in [0.1, 0.15) is 46.5 Å². The molecule has 1 spiro atoms. The minimum absolute atomic E-state index is 0.0177. The monoisotopic (exact) mass is 239 g/mol. The lowest BCUT2D eigenvalue weighted by Crippen LogP contribution is -2.52.